The summed E-state index contributed by atoms with van der Waals surface area (Å²) in [6.07, 6.45) is 0. The highest BCUT2D eigenvalue weighted by Gasteiger charge is 2.16. The van der Waals surface area contributed by atoms with Crippen LogP contribution in [-0.4, -0.2) is 21.7 Å². The maximum Gasteiger partial charge on any atom is 0.269 e. The SMILES string of the molecule is C=C(/C(N)=C(\N=C(C)c1cc(C)nc(C)c1)C(N)=O)c1cc(O)ccc1C. The first-order valence-corrected chi connectivity index (χ1v) is 8.40. The van der Waals surface area contributed by atoms with Gasteiger partial charge in [0.05, 0.1) is 5.70 Å². The lowest BCUT2D eigenvalue weighted by atomic mass is 9.98. The van der Waals surface area contributed by atoms with Crippen molar-refractivity contribution in [3.63, 3.8) is 0 Å². The van der Waals surface area contributed by atoms with Gasteiger partial charge in [-0.2, -0.15) is 0 Å². The molecule has 2 rings (SSSR count). The first kappa shape index (κ1) is 19.9. The number of aliphatic imine (C=N–C) groups is 1. The fourth-order valence-corrected chi connectivity index (χ4v) is 2.75. The van der Waals surface area contributed by atoms with E-state index in [0.717, 1.165) is 22.5 Å². The lowest BCUT2D eigenvalue weighted by molar-refractivity contribution is -0.114. The number of hydrogen-bond acceptors (Lipinski definition) is 5. The maximum atomic E-state index is 12.0. The second-order valence-electron chi connectivity index (χ2n) is 6.44. The van der Waals surface area contributed by atoms with E-state index >= 15 is 0 Å². The molecular weight excluding hydrogens is 340 g/mol. The molecule has 0 saturated heterocycles. The van der Waals surface area contributed by atoms with Gasteiger partial charge in [0.25, 0.3) is 5.91 Å². The van der Waals surface area contributed by atoms with E-state index < -0.39 is 5.91 Å². The number of aryl methyl sites for hydroxylation is 3. The van der Waals surface area contributed by atoms with Crippen molar-refractivity contribution in [1.29, 1.82) is 0 Å². The van der Waals surface area contributed by atoms with Crippen molar-refractivity contribution in [3.05, 3.63) is 76.4 Å². The molecule has 0 spiro atoms. The highest BCUT2D eigenvalue weighted by Crippen LogP contribution is 2.27. The third-order valence-electron chi connectivity index (χ3n) is 4.14. The van der Waals surface area contributed by atoms with Gasteiger partial charge < -0.3 is 16.6 Å². The maximum absolute atomic E-state index is 12.0. The van der Waals surface area contributed by atoms with Crippen LogP contribution >= 0.6 is 0 Å². The summed E-state index contributed by atoms with van der Waals surface area (Å²) in [5.74, 6) is -0.680. The number of amides is 1. The Morgan fingerprint density at radius 1 is 1.11 bits per heavy atom. The normalized spacial score (nSPS) is 12.5. The van der Waals surface area contributed by atoms with Gasteiger partial charge in [-0.3, -0.25) is 9.78 Å². The summed E-state index contributed by atoms with van der Waals surface area (Å²) in [7, 11) is 0. The van der Waals surface area contributed by atoms with Crippen LogP contribution in [0.25, 0.3) is 5.57 Å². The van der Waals surface area contributed by atoms with E-state index in [0.29, 0.717) is 16.8 Å². The average molecular weight is 364 g/mol. The minimum atomic E-state index is -0.756. The summed E-state index contributed by atoms with van der Waals surface area (Å²) in [6, 6.07) is 8.58. The molecule has 1 heterocycles. The highest BCUT2D eigenvalue weighted by atomic mass is 16.3. The lowest BCUT2D eigenvalue weighted by Crippen LogP contribution is -2.19. The molecule has 0 atom stereocenters. The molecule has 0 aliphatic rings. The van der Waals surface area contributed by atoms with Crippen molar-refractivity contribution in [2.24, 2.45) is 16.5 Å². The van der Waals surface area contributed by atoms with E-state index in [9.17, 15) is 9.90 Å². The summed E-state index contributed by atoms with van der Waals surface area (Å²) in [4.78, 5) is 20.7. The number of allylic oxidation sites excluding steroid dienone is 1. The quantitative estimate of drug-likeness (QED) is 0.430. The van der Waals surface area contributed by atoms with E-state index in [4.69, 9.17) is 11.5 Å². The first-order chi connectivity index (χ1) is 12.6. The molecule has 0 bridgehead atoms. The van der Waals surface area contributed by atoms with Gasteiger partial charge >= 0.3 is 0 Å². The molecule has 1 amide bonds. The minimum absolute atomic E-state index is 0.0676. The van der Waals surface area contributed by atoms with E-state index in [2.05, 4.69) is 16.6 Å². The Labute approximate surface area is 159 Å². The Kier molecular flexibility index (Phi) is 5.80. The predicted octanol–water partition coefficient (Wildman–Crippen LogP) is 2.89. The molecule has 1 aromatic carbocycles. The summed E-state index contributed by atoms with van der Waals surface area (Å²) < 4.78 is 0. The Balaban J connectivity index is 2.56. The van der Waals surface area contributed by atoms with Crippen LogP contribution in [0.2, 0.25) is 0 Å². The van der Waals surface area contributed by atoms with Crippen molar-refractivity contribution in [2.45, 2.75) is 27.7 Å². The van der Waals surface area contributed by atoms with Crippen LogP contribution in [0, 0.1) is 20.8 Å². The Morgan fingerprint density at radius 3 is 2.26 bits per heavy atom. The molecule has 6 nitrogen and oxygen atoms in total. The fourth-order valence-electron chi connectivity index (χ4n) is 2.75. The van der Waals surface area contributed by atoms with E-state index in [1.807, 2.05) is 32.9 Å². The van der Waals surface area contributed by atoms with Gasteiger partial charge in [-0.05, 0) is 68.7 Å². The highest BCUT2D eigenvalue weighted by molar-refractivity contribution is 6.05. The number of phenols is 1. The van der Waals surface area contributed by atoms with Crippen molar-refractivity contribution in [3.8, 4) is 5.75 Å². The number of benzene rings is 1. The third kappa shape index (κ3) is 4.61. The molecule has 2 aromatic rings. The van der Waals surface area contributed by atoms with Crippen molar-refractivity contribution in [2.75, 3.05) is 0 Å². The number of aromatic nitrogens is 1. The van der Waals surface area contributed by atoms with Crippen LogP contribution in [0.1, 0.15) is 35.0 Å². The topological polar surface area (TPSA) is 115 Å². The summed E-state index contributed by atoms with van der Waals surface area (Å²) in [6.45, 7) is 11.4. The van der Waals surface area contributed by atoms with Crippen LogP contribution < -0.4 is 11.5 Å². The molecule has 0 saturated carbocycles. The molecule has 140 valence electrons. The number of pyridine rings is 1. The summed E-state index contributed by atoms with van der Waals surface area (Å²) >= 11 is 0. The molecule has 0 aliphatic heterocycles. The van der Waals surface area contributed by atoms with Crippen LogP contribution in [0.4, 0.5) is 0 Å². The number of carbonyl (C=O) groups is 1. The third-order valence-corrected chi connectivity index (χ3v) is 4.14. The van der Waals surface area contributed by atoms with Gasteiger partial charge in [-0.25, -0.2) is 4.99 Å². The summed E-state index contributed by atoms with van der Waals surface area (Å²) in [5.41, 5.74) is 16.6. The number of rotatable bonds is 5. The molecule has 0 radical (unpaired) electrons. The largest absolute Gasteiger partial charge is 0.508 e. The molecule has 0 aliphatic carbocycles. The minimum Gasteiger partial charge on any atom is -0.508 e. The van der Waals surface area contributed by atoms with Crippen LogP contribution in [0.15, 0.2) is 53.3 Å². The molecule has 5 N–H and O–H groups in total. The predicted molar refractivity (Wildman–Crippen MR) is 108 cm³/mol. The van der Waals surface area contributed by atoms with Gasteiger partial charge in [0.1, 0.15) is 5.75 Å². The molecule has 1 aromatic heterocycles. The van der Waals surface area contributed by atoms with Crippen molar-refractivity contribution in [1.82, 2.24) is 4.98 Å². The zero-order valence-electron chi connectivity index (χ0n) is 16.0. The van der Waals surface area contributed by atoms with Gasteiger partial charge in [-0.1, -0.05) is 12.6 Å². The number of nitrogens with two attached hydrogens (primary N) is 2. The number of carbonyl (C=O) groups excluding carboxylic acids is 1. The molecule has 0 fully saturated rings. The number of aromatic hydroxyl groups is 1. The Bertz CT molecular complexity index is 967. The van der Waals surface area contributed by atoms with Crippen LogP contribution in [-0.2, 0) is 4.79 Å². The first-order valence-electron chi connectivity index (χ1n) is 8.40. The van der Waals surface area contributed by atoms with Gasteiger partial charge in [0, 0.05) is 22.7 Å². The van der Waals surface area contributed by atoms with E-state index in [-0.39, 0.29) is 17.1 Å². The smallest absolute Gasteiger partial charge is 0.269 e. The van der Waals surface area contributed by atoms with E-state index in [1.54, 1.807) is 19.1 Å². The zero-order valence-corrected chi connectivity index (χ0v) is 16.0. The number of primary amides is 1. The van der Waals surface area contributed by atoms with E-state index in [1.165, 1.54) is 6.07 Å². The molecule has 27 heavy (non-hydrogen) atoms. The molecule has 0 unspecified atom stereocenters. The van der Waals surface area contributed by atoms with Gasteiger partial charge in [0.15, 0.2) is 5.70 Å². The second kappa shape index (κ2) is 7.86. The monoisotopic (exact) mass is 364 g/mol. The number of hydrogen-bond donors (Lipinski definition) is 3. The average Bonchev–Trinajstić information content (AvgIpc) is 2.59. The zero-order chi connectivity index (χ0) is 20.3. The number of phenolic OH excluding ortho intramolecular Hbond substituents is 1. The molecule has 6 heteroatoms. The Hall–Kier alpha value is -3.41. The van der Waals surface area contributed by atoms with Crippen LogP contribution in [0.5, 0.6) is 5.75 Å². The second-order valence-corrected chi connectivity index (χ2v) is 6.44. The molecular formula is C21H24N4O2. The number of nitrogens with zero attached hydrogens (tertiary/aromatic N) is 2. The van der Waals surface area contributed by atoms with Crippen molar-refractivity contribution >= 4 is 17.2 Å². The van der Waals surface area contributed by atoms with Gasteiger partial charge in [0.2, 0.25) is 0 Å². The lowest BCUT2D eigenvalue weighted by Gasteiger charge is -2.13. The summed E-state index contributed by atoms with van der Waals surface area (Å²) in [5, 5.41) is 9.74. The Morgan fingerprint density at radius 2 is 1.70 bits per heavy atom. The fraction of sp³-hybridized carbons (Fsp3) is 0.190. The van der Waals surface area contributed by atoms with Crippen LogP contribution in [0.3, 0.4) is 0 Å². The standard InChI is InChI=1S/C21H24N4O2/c1-11-6-7-17(26)10-18(11)14(4)19(22)20(21(23)27)25-15(5)16-8-12(2)24-13(3)9-16/h6-10,26H,4,22H2,1-3,5H3,(H2,23,27)/b20-19+,25-15?. The van der Waals surface area contributed by atoms with Crippen molar-refractivity contribution < 1.29 is 9.90 Å². The van der Waals surface area contributed by atoms with Gasteiger partial charge in [-0.15, -0.1) is 0 Å².